The lowest BCUT2D eigenvalue weighted by atomic mass is 10.0. The van der Waals surface area contributed by atoms with E-state index in [2.05, 4.69) is 33.4 Å². The minimum Gasteiger partial charge on any atom is -0.481 e. The predicted octanol–water partition coefficient (Wildman–Crippen LogP) is 1.83. The lowest BCUT2D eigenvalue weighted by molar-refractivity contribution is -0.137. The van der Waals surface area contributed by atoms with E-state index in [4.69, 9.17) is 15.0 Å². The quantitative estimate of drug-likeness (QED) is 0.151. The largest absolute Gasteiger partial charge is 0.481 e. The standard InChI is InChI=1S/C25H38N4O5.C3H6O2.C2H4O2/c1-17(2)23(29-22(32)16-27-24(33)18(3)28-19(4)30)25(34)26-15-21(31)14-10-6-9-13-20-11-7-5-8-12-20;1-2-3(4)5;1-2(3)4/h5,7-8,11-12,17-18,23H,6,9-10,13-16H2,1-4H3,(H,26,34)(H,27,33)(H,28,30)(H,29,32);2H2,1H3,(H,4,5);1H3,(H,3,4)/t18-,23?;;/m0../s1. The molecular formula is C30H48N4O9. The molecule has 0 aliphatic rings. The van der Waals surface area contributed by atoms with E-state index in [1.165, 1.54) is 19.4 Å². The summed E-state index contributed by atoms with van der Waals surface area (Å²) in [6.45, 7) is 8.61. The zero-order chi connectivity index (χ0) is 33.4. The molecule has 13 nitrogen and oxygen atoms in total. The molecule has 0 aliphatic carbocycles. The molecule has 13 heteroatoms. The van der Waals surface area contributed by atoms with Gasteiger partial charge in [-0.25, -0.2) is 0 Å². The number of carboxylic acid groups (broad SMARTS) is 2. The number of carbonyl (C=O) groups is 7. The minimum atomic E-state index is -0.837. The van der Waals surface area contributed by atoms with Gasteiger partial charge >= 0.3 is 5.97 Å². The maximum absolute atomic E-state index is 12.5. The molecule has 43 heavy (non-hydrogen) atoms. The summed E-state index contributed by atoms with van der Waals surface area (Å²) >= 11 is 0. The van der Waals surface area contributed by atoms with Gasteiger partial charge in [0, 0.05) is 26.7 Å². The third-order valence-corrected chi connectivity index (χ3v) is 5.53. The van der Waals surface area contributed by atoms with Gasteiger partial charge in [0.25, 0.3) is 5.97 Å². The number of Topliss-reactive ketones (excluding diaryl/α,β-unsaturated/α-hetero) is 1. The lowest BCUT2D eigenvalue weighted by Crippen LogP contribution is -2.53. The zero-order valence-electron chi connectivity index (χ0n) is 26.0. The second-order valence-corrected chi connectivity index (χ2v) is 10.00. The highest BCUT2D eigenvalue weighted by Gasteiger charge is 2.25. The molecule has 0 radical (unpaired) electrons. The fourth-order valence-corrected chi connectivity index (χ4v) is 3.31. The average molecular weight is 609 g/mol. The Bertz CT molecular complexity index is 1030. The number of aryl methyl sites for hydroxylation is 1. The van der Waals surface area contributed by atoms with E-state index in [9.17, 15) is 28.8 Å². The summed E-state index contributed by atoms with van der Waals surface area (Å²) in [5.74, 6) is -3.70. The fraction of sp³-hybridized carbons (Fsp3) is 0.567. The molecule has 1 rings (SSSR count). The summed E-state index contributed by atoms with van der Waals surface area (Å²) in [4.78, 5) is 78.1. The van der Waals surface area contributed by atoms with Gasteiger partial charge in [0.05, 0.1) is 13.1 Å². The maximum atomic E-state index is 12.5. The molecule has 0 aromatic heterocycles. The number of ketones is 1. The molecule has 1 aromatic carbocycles. The van der Waals surface area contributed by atoms with Crippen molar-refractivity contribution in [3.05, 3.63) is 35.9 Å². The monoisotopic (exact) mass is 608 g/mol. The second kappa shape index (κ2) is 24.3. The molecule has 6 N–H and O–H groups in total. The smallest absolute Gasteiger partial charge is 0.303 e. The number of rotatable bonds is 16. The van der Waals surface area contributed by atoms with E-state index < -0.39 is 41.7 Å². The maximum Gasteiger partial charge on any atom is 0.303 e. The van der Waals surface area contributed by atoms with Crippen LogP contribution in [0, 0.1) is 5.92 Å². The number of benzene rings is 1. The Kier molecular flexibility index (Phi) is 23.1. The van der Waals surface area contributed by atoms with Crippen molar-refractivity contribution in [1.82, 2.24) is 21.3 Å². The van der Waals surface area contributed by atoms with Crippen LogP contribution in [0.1, 0.15) is 79.2 Å². The number of hydrogen-bond acceptors (Lipinski definition) is 7. The van der Waals surface area contributed by atoms with Gasteiger partial charge < -0.3 is 31.5 Å². The van der Waals surface area contributed by atoms with Crippen LogP contribution in [0.3, 0.4) is 0 Å². The van der Waals surface area contributed by atoms with Crippen LogP contribution in [-0.4, -0.2) is 76.7 Å². The van der Waals surface area contributed by atoms with Gasteiger partial charge in [-0.3, -0.25) is 33.6 Å². The van der Waals surface area contributed by atoms with Gasteiger partial charge in [-0.2, -0.15) is 0 Å². The van der Waals surface area contributed by atoms with Gasteiger partial charge in [-0.15, -0.1) is 0 Å². The Labute approximate surface area is 253 Å². The highest BCUT2D eigenvalue weighted by molar-refractivity contribution is 5.93. The summed E-state index contributed by atoms with van der Waals surface area (Å²) in [6.07, 6.45) is 4.31. The number of aliphatic carboxylic acids is 2. The number of unbranched alkanes of at least 4 members (excludes halogenated alkanes) is 2. The first kappa shape index (κ1) is 40.8. The van der Waals surface area contributed by atoms with Crippen LogP contribution in [0.25, 0.3) is 0 Å². The SMILES string of the molecule is CC(=O)N[C@@H](C)C(=O)NCC(=O)NC(C(=O)NCC(=O)CCCCCc1ccccc1)C(C)C.CC(=O)O.CCC(=O)O. The number of nitrogens with one attached hydrogen (secondary N) is 4. The van der Waals surface area contributed by atoms with Crippen molar-refractivity contribution in [3.63, 3.8) is 0 Å². The summed E-state index contributed by atoms with van der Waals surface area (Å²) in [6, 6.07) is 8.57. The average Bonchev–Trinajstić information content (AvgIpc) is 2.93. The number of hydrogen-bond donors (Lipinski definition) is 6. The van der Waals surface area contributed by atoms with Crippen molar-refractivity contribution >= 4 is 41.4 Å². The molecule has 4 amide bonds. The Balaban J connectivity index is 0. The molecule has 242 valence electrons. The Morgan fingerprint density at radius 1 is 0.767 bits per heavy atom. The molecule has 1 unspecified atom stereocenters. The van der Waals surface area contributed by atoms with E-state index in [1.807, 2.05) is 18.2 Å². The fourth-order valence-electron chi connectivity index (χ4n) is 3.31. The first-order valence-corrected chi connectivity index (χ1v) is 14.2. The minimum absolute atomic E-state index is 0.0545. The van der Waals surface area contributed by atoms with Crippen LogP contribution in [0.5, 0.6) is 0 Å². The van der Waals surface area contributed by atoms with E-state index in [0.29, 0.717) is 6.42 Å². The van der Waals surface area contributed by atoms with E-state index in [-0.39, 0.29) is 37.1 Å². The van der Waals surface area contributed by atoms with Crippen LogP contribution in [-0.2, 0) is 40.0 Å². The van der Waals surface area contributed by atoms with Gasteiger partial charge in [-0.05, 0) is 37.7 Å². The lowest BCUT2D eigenvalue weighted by Gasteiger charge is -2.22. The zero-order valence-corrected chi connectivity index (χ0v) is 26.0. The van der Waals surface area contributed by atoms with Crippen molar-refractivity contribution in [1.29, 1.82) is 0 Å². The van der Waals surface area contributed by atoms with Crippen molar-refractivity contribution in [2.24, 2.45) is 5.92 Å². The van der Waals surface area contributed by atoms with Gasteiger partial charge in [-0.1, -0.05) is 57.5 Å². The molecule has 0 heterocycles. The Morgan fingerprint density at radius 2 is 1.30 bits per heavy atom. The van der Waals surface area contributed by atoms with E-state index >= 15 is 0 Å². The Morgan fingerprint density at radius 3 is 1.79 bits per heavy atom. The summed E-state index contributed by atoms with van der Waals surface area (Å²) < 4.78 is 0. The first-order valence-electron chi connectivity index (χ1n) is 14.2. The molecule has 0 spiro atoms. The van der Waals surface area contributed by atoms with Crippen LogP contribution in [0.4, 0.5) is 0 Å². The van der Waals surface area contributed by atoms with E-state index in [1.54, 1.807) is 20.8 Å². The van der Waals surface area contributed by atoms with Crippen LogP contribution in [0.15, 0.2) is 30.3 Å². The number of carbonyl (C=O) groups excluding carboxylic acids is 5. The number of carboxylic acids is 2. The molecule has 0 bridgehead atoms. The highest BCUT2D eigenvalue weighted by Crippen LogP contribution is 2.08. The summed E-state index contributed by atoms with van der Waals surface area (Å²) in [5, 5.41) is 25.2. The topological polar surface area (TPSA) is 208 Å². The third kappa shape index (κ3) is 25.2. The highest BCUT2D eigenvalue weighted by atomic mass is 16.4. The normalized spacial score (nSPS) is 11.2. The van der Waals surface area contributed by atoms with Crippen molar-refractivity contribution in [2.45, 2.75) is 92.2 Å². The van der Waals surface area contributed by atoms with Crippen molar-refractivity contribution in [3.8, 4) is 0 Å². The molecule has 1 aromatic rings. The third-order valence-electron chi connectivity index (χ3n) is 5.53. The molecule has 0 aliphatic heterocycles. The van der Waals surface area contributed by atoms with Crippen LogP contribution < -0.4 is 21.3 Å². The van der Waals surface area contributed by atoms with Crippen molar-refractivity contribution < 1.29 is 43.8 Å². The molecule has 0 saturated carbocycles. The molecule has 0 saturated heterocycles. The van der Waals surface area contributed by atoms with Crippen molar-refractivity contribution in [2.75, 3.05) is 13.1 Å². The predicted molar refractivity (Wildman–Crippen MR) is 161 cm³/mol. The Hall–Kier alpha value is -4.29. The van der Waals surface area contributed by atoms with E-state index in [0.717, 1.165) is 32.6 Å². The summed E-state index contributed by atoms with van der Waals surface area (Å²) in [5.41, 5.74) is 1.28. The van der Waals surface area contributed by atoms with Gasteiger partial charge in [0.2, 0.25) is 23.6 Å². The summed E-state index contributed by atoms with van der Waals surface area (Å²) in [7, 11) is 0. The molecular weight excluding hydrogens is 560 g/mol. The molecule has 2 atom stereocenters. The first-order chi connectivity index (χ1) is 20.1. The van der Waals surface area contributed by atoms with Gasteiger partial charge in [0.15, 0.2) is 5.78 Å². The van der Waals surface area contributed by atoms with Crippen LogP contribution >= 0.6 is 0 Å². The van der Waals surface area contributed by atoms with Crippen LogP contribution in [0.2, 0.25) is 0 Å². The molecule has 0 fully saturated rings. The second-order valence-electron chi connectivity index (χ2n) is 10.00. The van der Waals surface area contributed by atoms with Gasteiger partial charge in [0.1, 0.15) is 12.1 Å². The number of amides is 4.